The van der Waals surface area contributed by atoms with Crippen molar-refractivity contribution >= 4 is 9.84 Å². The summed E-state index contributed by atoms with van der Waals surface area (Å²) in [7, 11) is -2.97. The van der Waals surface area contributed by atoms with Crippen molar-refractivity contribution in [3.8, 4) is 5.75 Å². The van der Waals surface area contributed by atoms with Crippen molar-refractivity contribution < 1.29 is 13.2 Å². The van der Waals surface area contributed by atoms with Crippen LogP contribution in [-0.4, -0.2) is 38.1 Å². The second kappa shape index (κ2) is 5.67. The molecule has 0 bridgehead atoms. The molecule has 0 atom stereocenters. The Balaban J connectivity index is 1.75. The summed E-state index contributed by atoms with van der Waals surface area (Å²) in [6.45, 7) is 0.939. The van der Waals surface area contributed by atoms with Crippen LogP contribution in [0, 0.1) is 0 Å². The molecule has 0 unspecified atom stereocenters. The molecule has 0 amide bonds. The molecule has 18 heavy (non-hydrogen) atoms. The third-order valence-electron chi connectivity index (χ3n) is 2.67. The van der Waals surface area contributed by atoms with Gasteiger partial charge in [0.1, 0.15) is 12.4 Å². The van der Waals surface area contributed by atoms with Gasteiger partial charge >= 0.3 is 0 Å². The monoisotopic (exact) mass is 270 g/mol. The van der Waals surface area contributed by atoms with Crippen LogP contribution in [0.15, 0.2) is 18.3 Å². The number of ether oxygens (including phenoxy) is 1. The summed E-state index contributed by atoms with van der Waals surface area (Å²) in [6, 6.07) is 4.38. The topological polar surface area (TPSA) is 68.3 Å². The van der Waals surface area contributed by atoms with E-state index in [1.54, 1.807) is 6.20 Å². The third kappa shape index (κ3) is 5.01. The van der Waals surface area contributed by atoms with Crippen molar-refractivity contribution in [3.05, 3.63) is 24.0 Å². The first kappa shape index (κ1) is 13.3. The number of aromatic nitrogens is 1. The maximum atomic E-state index is 10.9. The molecule has 1 aliphatic rings. The maximum Gasteiger partial charge on any atom is 0.150 e. The van der Waals surface area contributed by atoms with Crippen LogP contribution < -0.4 is 10.1 Å². The van der Waals surface area contributed by atoms with Crippen LogP contribution in [0.25, 0.3) is 0 Å². The number of sulfone groups is 1. The Bertz CT molecular complexity index is 481. The average Bonchev–Trinajstić information content (AvgIpc) is 3.10. The van der Waals surface area contributed by atoms with Gasteiger partial charge in [-0.3, -0.25) is 4.98 Å². The molecule has 2 rings (SSSR count). The lowest BCUT2D eigenvalue weighted by molar-refractivity contribution is 0.339. The lowest BCUT2D eigenvalue weighted by Gasteiger charge is -2.06. The van der Waals surface area contributed by atoms with Gasteiger partial charge in [-0.1, -0.05) is 0 Å². The van der Waals surface area contributed by atoms with Crippen LogP contribution in [0.5, 0.6) is 5.75 Å². The molecule has 100 valence electrons. The summed E-state index contributed by atoms with van der Waals surface area (Å²) < 4.78 is 27.2. The van der Waals surface area contributed by atoms with E-state index in [0.29, 0.717) is 11.8 Å². The molecule has 5 nitrogen and oxygen atoms in total. The number of hydrogen-bond acceptors (Lipinski definition) is 5. The predicted molar refractivity (Wildman–Crippen MR) is 69.3 cm³/mol. The summed E-state index contributed by atoms with van der Waals surface area (Å²) in [5, 5.41) is 3.37. The highest BCUT2D eigenvalue weighted by Crippen LogP contribution is 2.19. The number of nitrogens with one attached hydrogen (secondary N) is 1. The van der Waals surface area contributed by atoms with E-state index in [9.17, 15) is 8.42 Å². The van der Waals surface area contributed by atoms with Crippen LogP contribution >= 0.6 is 0 Å². The molecule has 0 spiro atoms. The first-order chi connectivity index (χ1) is 8.53. The van der Waals surface area contributed by atoms with Gasteiger partial charge in [0.25, 0.3) is 0 Å². The molecule has 0 aliphatic heterocycles. The molecular formula is C12H18N2O3S. The lowest BCUT2D eigenvalue weighted by Crippen LogP contribution is -2.16. The Kier molecular flexibility index (Phi) is 4.19. The number of hydrogen-bond donors (Lipinski definition) is 1. The Morgan fingerprint density at radius 1 is 1.44 bits per heavy atom. The molecule has 6 heteroatoms. The van der Waals surface area contributed by atoms with Crippen LogP contribution in [0.3, 0.4) is 0 Å². The molecule has 1 aromatic heterocycles. The summed E-state index contributed by atoms with van der Waals surface area (Å²) in [5.41, 5.74) is 0.970. The summed E-state index contributed by atoms with van der Waals surface area (Å²) in [4.78, 5) is 4.26. The van der Waals surface area contributed by atoms with Gasteiger partial charge in [0.15, 0.2) is 9.84 Å². The highest BCUT2D eigenvalue weighted by Gasteiger charge is 2.19. The zero-order valence-corrected chi connectivity index (χ0v) is 11.2. The fourth-order valence-electron chi connectivity index (χ4n) is 1.45. The SMILES string of the molecule is CS(=O)(=O)CCOc1ccc(CNC2CC2)nc1. The third-order valence-corrected chi connectivity index (χ3v) is 3.58. The van der Waals surface area contributed by atoms with E-state index in [2.05, 4.69) is 10.3 Å². The molecule has 1 N–H and O–H groups in total. The number of nitrogens with zero attached hydrogens (tertiary/aromatic N) is 1. The van der Waals surface area contributed by atoms with Crippen molar-refractivity contribution in [1.82, 2.24) is 10.3 Å². The van der Waals surface area contributed by atoms with Gasteiger partial charge in [-0.2, -0.15) is 0 Å². The smallest absolute Gasteiger partial charge is 0.150 e. The zero-order valence-electron chi connectivity index (χ0n) is 10.4. The van der Waals surface area contributed by atoms with Gasteiger partial charge in [0.05, 0.1) is 17.6 Å². The normalized spacial score (nSPS) is 15.6. The van der Waals surface area contributed by atoms with Gasteiger partial charge in [-0.15, -0.1) is 0 Å². The summed E-state index contributed by atoms with van der Waals surface area (Å²) in [6.07, 6.45) is 5.34. The van der Waals surface area contributed by atoms with Crippen LogP contribution in [0.2, 0.25) is 0 Å². The molecule has 1 aromatic rings. The second-order valence-corrected chi connectivity index (χ2v) is 6.88. The highest BCUT2D eigenvalue weighted by atomic mass is 32.2. The van der Waals surface area contributed by atoms with E-state index in [0.717, 1.165) is 12.2 Å². The van der Waals surface area contributed by atoms with Gasteiger partial charge in [0, 0.05) is 18.8 Å². The Morgan fingerprint density at radius 3 is 2.78 bits per heavy atom. The molecule has 1 aliphatic carbocycles. The maximum absolute atomic E-state index is 10.9. The van der Waals surface area contributed by atoms with E-state index >= 15 is 0 Å². The van der Waals surface area contributed by atoms with Gasteiger partial charge in [0.2, 0.25) is 0 Å². The zero-order chi connectivity index (χ0) is 13.0. The fraction of sp³-hybridized carbons (Fsp3) is 0.583. The standard InChI is InChI=1S/C12H18N2O3S/c1-18(15,16)7-6-17-12-5-4-11(14-9-12)8-13-10-2-3-10/h4-5,9-10,13H,2-3,6-8H2,1H3. The Morgan fingerprint density at radius 2 is 2.22 bits per heavy atom. The largest absolute Gasteiger partial charge is 0.491 e. The van der Waals surface area contributed by atoms with E-state index in [1.165, 1.54) is 19.1 Å². The van der Waals surface area contributed by atoms with E-state index in [1.807, 2.05) is 12.1 Å². The Labute approximate surface area is 107 Å². The number of rotatable bonds is 7. The van der Waals surface area contributed by atoms with Crippen molar-refractivity contribution in [2.24, 2.45) is 0 Å². The fourth-order valence-corrected chi connectivity index (χ4v) is 1.83. The van der Waals surface area contributed by atoms with Gasteiger partial charge in [-0.05, 0) is 25.0 Å². The highest BCUT2D eigenvalue weighted by molar-refractivity contribution is 7.90. The van der Waals surface area contributed by atoms with Gasteiger partial charge in [-0.25, -0.2) is 8.42 Å². The lowest BCUT2D eigenvalue weighted by atomic mass is 10.3. The van der Waals surface area contributed by atoms with E-state index in [4.69, 9.17) is 4.74 Å². The minimum atomic E-state index is -2.97. The first-order valence-corrected chi connectivity index (χ1v) is 8.08. The molecular weight excluding hydrogens is 252 g/mol. The molecule has 0 saturated heterocycles. The minimum Gasteiger partial charge on any atom is -0.491 e. The van der Waals surface area contributed by atoms with Crippen LogP contribution in [-0.2, 0) is 16.4 Å². The first-order valence-electron chi connectivity index (χ1n) is 6.02. The summed E-state index contributed by atoms with van der Waals surface area (Å²) in [5.74, 6) is 0.631. The van der Waals surface area contributed by atoms with Gasteiger partial charge < -0.3 is 10.1 Å². The summed E-state index contributed by atoms with van der Waals surface area (Å²) >= 11 is 0. The molecule has 0 aromatic carbocycles. The quantitative estimate of drug-likeness (QED) is 0.792. The Hall–Kier alpha value is -1.14. The molecule has 1 fully saturated rings. The number of pyridine rings is 1. The average molecular weight is 270 g/mol. The molecule has 0 radical (unpaired) electrons. The van der Waals surface area contributed by atoms with E-state index < -0.39 is 9.84 Å². The van der Waals surface area contributed by atoms with Crippen LogP contribution in [0.4, 0.5) is 0 Å². The minimum absolute atomic E-state index is 0.0258. The van der Waals surface area contributed by atoms with Crippen molar-refractivity contribution in [2.45, 2.75) is 25.4 Å². The molecule has 1 saturated carbocycles. The van der Waals surface area contributed by atoms with Crippen molar-refractivity contribution in [2.75, 3.05) is 18.6 Å². The predicted octanol–water partition coefficient (Wildman–Crippen LogP) is 0.757. The van der Waals surface area contributed by atoms with Crippen LogP contribution in [0.1, 0.15) is 18.5 Å². The van der Waals surface area contributed by atoms with E-state index in [-0.39, 0.29) is 12.4 Å². The second-order valence-electron chi connectivity index (χ2n) is 4.62. The van der Waals surface area contributed by atoms with Crippen molar-refractivity contribution in [1.29, 1.82) is 0 Å². The van der Waals surface area contributed by atoms with Crippen molar-refractivity contribution in [3.63, 3.8) is 0 Å². The molecule has 1 heterocycles.